The lowest BCUT2D eigenvalue weighted by Gasteiger charge is -2.38. The fourth-order valence-electron chi connectivity index (χ4n) is 3.57. The second-order valence-electron chi connectivity index (χ2n) is 7.43. The summed E-state index contributed by atoms with van der Waals surface area (Å²) in [6, 6.07) is 8.68. The minimum atomic E-state index is -1.08. The lowest BCUT2D eigenvalue weighted by Crippen LogP contribution is -2.56. The first kappa shape index (κ1) is 23.4. The number of amidine groups is 1. The molecule has 0 bridgehead atoms. The van der Waals surface area contributed by atoms with Crippen molar-refractivity contribution in [1.29, 1.82) is 5.41 Å². The summed E-state index contributed by atoms with van der Waals surface area (Å²) in [5.41, 5.74) is 6.86. The van der Waals surface area contributed by atoms with E-state index in [1.807, 2.05) is 0 Å². The number of nitrogen functional groups attached to an aromatic ring is 1. The van der Waals surface area contributed by atoms with Crippen LogP contribution in [0.4, 0.5) is 0 Å². The molecule has 1 unspecified atom stereocenters. The van der Waals surface area contributed by atoms with Gasteiger partial charge in [0.1, 0.15) is 5.84 Å². The number of benzene rings is 1. The highest BCUT2D eigenvalue weighted by Gasteiger charge is 2.37. The van der Waals surface area contributed by atoms with E-state index < -0.39 is 23.8 Å². The van der Waals surface area contributed by atoms with E-state index in [9.17, 15) is 24.3 Å². The normalized spacial score (nSPS) is 14.7. The average Bonchev–Trinajstić information content (AvgIpc) is 2.81. The number of piperazine rings is 1. The molecule has 0 saturated carbocycles. The number of nitrogens with one attached hydrogen (secondary N) is 2. The Hall–Kier alpha value is -4.28. The Labute approximate surface area is 189 Å². The van der Waals surface area contributed by atoms with Gasteiger partial charge in [0.15, 0.2) is 0 Å². The Kier molecular flexibility index (Phi) is 7.34. The van der Waals surface area contributed by atoms with E-state index in [1.165, 1.54) is 22.2 Å². The molecule has 1 fully saturated rings. The maximum Gasteiger partial charge on any atom is 0.312 e. The summed E-state index contributed by atoms with van der Waals surface area (Å²) in [5.74, 6) is -3.07. The monoisotopic (exact) mass is 452 g/mol. The van der Waals surface area contributed by atoms with Crippen molar-refractivity contribution < 1.29 is 24.3 Å². The molecule has 1 aromatic heterocycles. The molecule has 3 amide bonds. The minimum absolute atomic E-state index is 0.0983. The number of rotatable bonds is 9. The van der Waals surface area contributed by atoms with Crippen LogP contribution < -0.4 is 11.1 Å². The molecule has 172 valence electrons. The van der Waals surface area contributed by atoms with Gasteiger partial charge in [-0.25, -0.2) is 0 Å². The lowest BCUT2D eigenvalue weighted by atomic mass is 10.0. The number of hydrogen-bond donors (Lipinski definition) is 4. The van der Waals surface area contributed by atoms with Crippen molar-refractivity contribution in [3.63, 3.8) is 0 Å². The zero-order chi connectivity index (χ0) is 24.0. The number of nitrogens with zero attached hydrogens (tertiary/aromatic N) is 3. The van der Waals surface area contributed by atoms with Crippen molar-refractivity contribution in [2.45, 2.75) is 12.5 Å². The number of amides is 3. The first-order valence-electron chi connectivity index (χ1n) is 10.2. The standard InChI is InChI=1S/C22H24N6O5/c23-19(24)15-1-3-16(4-2-15)20(31)26-9-10-27-11-12-28(22(33)21(27)32)17(13-18(29)30)14-5-7-25-8-6-14/h1-8,17H,9-13H2,(H3,23,24)(H,26,31)(H,29,30). The van der Waals surface area contributed by atoms with Gasteiger partial charge in [-0.15, -0.1) is 0 Å². The van der Waals surface area contributed by atoms with Gasteiger partial charge in [-0.05, 0) is 29.8 Å². The Balaban J connectivity index is 1.58. The molecule has 5 N–H and O–H groups in total. The van der Waals surface area contributed by atoms with E-state index in [0.29, 0.717) is 16.7 Å². The molecule has 1 aliphatic heterocycles. The fourth-order valence-corrected chi connectivity index (χ4v) is 3.57. The molecule has 0 spiro atoms. The number of carbonyl (C=O) groups is 4. The van der Waals surface area contributed by atoms with Gasteiger partial charge >= 0.3 is 17.8 Å². The van der Waals surface area contributed by atoms with E-state index in [2.05, 4.69) is 10.3 Å². The van der Waals surface area contributed by atoms with Crippen LogP contribution in [0, 0.1) is 5.41 Å². The van der Waals surface area contributed by atoms with Crippen LogP contribution in [-0.2, 0) is 14.4 Å². The maximum atomic E-state index is 12.7. The molecular formula is C22H24N6O5. The molecule has 33 heavy (non-hydrogen) atoms. The molecule has 1 aliphatic rings. The molecule has 11 nitrogen and oxygen atoms in total. The molecule has 0 radical (unpaired) electrons. The van der Waals surface area contributed by atoms with Crippen LogP contribution in [-0.4, -0.2) is 75.6 Å². The third-order valence-corrected chi connectivity index (χ3v) is 5.30. The van der Waals surface area contributed by atoms with E-state index in [1.54, 1.807) is 36.4 Å². The summed E-state index contributed by atoms with van der Waals surface area (Å²) >= 11 is 0. The molecular weight excluding hydrogens is 428 g/mol. The van der Waals surface area contributed by atoms with Crippen LogP contribution in [0.25, 0.3) is 0 Å². The average molecular weight is 452 g/mol. The van der Waals surface area contributed by atoms with Gasteiger partial charge in [0, 0.05) is 49.7 Å². The predicted molar refractivity (Wildman–Crippen MR) is 117 cm³/mol. The third kappa shape index (κ3) is 5.70. The van der Waals surface area contributed by atoms with Crippen LogP contribution in [0.1, 0.15) is 33.9 Å². The second-order valence-corrected chi connectivity index (χ2v) is 7.43. The van der Waals surface area contributed by atoms with Crippen LogP contribution in [0.2, 0.25) is 0 Å². The van der Waals surface area contributed by atoms with Crippen molar-refractivity contribution >= 4 is 29.5 Å². The summed E-state index contributed by atoms with van der Waals surface area (Å²) in [5, 5.41) is 19.3. The molecule has 11 heteroatoms. The molecule has 1 aromatic carbocycles. The van der Waals surface area contributed by atoms with Crippen LogP contribution >= 0.6 is 0 Å². The van der Waals surface area contributed by atoms with Gasteiger partial charge in [0.25, 0.3) is 5.91 Å². The second kappa shape index (κ2) is 10.4. The Bertz CT molecular complexity index is 1060. The van der Waals surface area contributed by atoms with Crippen LogP contribution in [0.15, 0.2) is 48.8 Å². The summed E-state index contributed by atoms with van der Waals surface area (Å²) in [6.07, 6.45) is 2.67. The van der Waals surface area contributed by atoms with Crippen molar-refractivity contribution in [2.75, 3.05) is 26.2 Å². The van der Waals surface area contributed by atoms with Crippen LogP contribution in [0.5, 0.6) is 0 Å². The first-order valence-corrected chi connectivity index (χ1v) is 10.2. The fraction of sp³-hybridized carbons (Fsp3) is 0.273. The van der Waals surface area contributed by atoms with Crippen molar-refractivity contribution in [3.05, 3.63) is 65.5 Å². The smallest absolute Gasteiger partial charge is 0.312 e. The van der Waals surface area contributed by atoms with E-state index in [0.717, 1.165) is 0 Å². The van der Waals surface area contributed by atoms with Crippen LogP contribution in [0.3, 0.4) is 0 Å². The number of nitrogens with two attached hydrogens (primary N) is 1. The number of carbonyl (C=O) groups excluding carboxylic acids is 3. The van der Waals surface area contributed by atoms with E-state index >= 15 is 0 Å². The highest BCUT2D eigenvalue weighted by Crippen LogP contribution is 2.26. The molecule has 2 heterocycles. The topological polar surface area (TPSA) is 170 Å². The van der Waals surface area contributed by atoms with E-state index in [4.69, 9.17) is 11.1 Å². The van der Waals surface area contributed by atoms with Gasteiger partial charge in [-0.1, -0.05) is 12.1 Å². The van der Waals surface area contributed by atoms with Gasteiger partial charge in [0.2, 0.25) is 0 Å². The summed E-state index contributed by atoms with van der Waals surface area (Å²) < 4.78 is 0. The summed E-state index contributed by atoms with van der Waals surface area (Å²) in [6.45, 7) is 0.657. The maximum absolute atomic E-state index is 12.7. The number of hydrogen-bond acceptors (Lipinski definition) is 6. The largest absolute Gasteiger partial charge is 0.481 e. The molecule has 2 aromatic rings. The number of carboxylic acids is 1. The molecule has 1 atom stereocenters. The number of aromatic nitrogens is 1. The first-order chi connectivity index (χ1) is 15.8. The molecule has 1 saturated heterocycles. The van der Waals surface area contributed by atoms with Gasteiger partial charge in [-0.2, -0.15) is 0 Å². The summed E-state index contributed by atoms with van der Waals surface area (Å²) in [7, 11) is 0. The van der Waals surface area contributed by atoms with Crippen molar-refractivity contribution in [1.82, 2.24) is 20.1 Å². The summed E-state index contributed by atoms with van der Waals surface area (Å²) in [4.78, 5) is 55.5. The highest BCUT2D eigenvalue weighted by atomic mass is 16.4. The van der Waals surface area contributed by atoms with Gasteiger partial charge < -0.3 is 26.0 Å². The number of carboxylic acid groups (broad SMARTS) is 1. The molecule has 0 aliphatic carbocycles. The number of aliphatic carboxylic acids is 1. The quantitative estimate of drug-likeness (QED) is 0.235. The van der Waals surface area contributed by atoms with Crippen molar-refractivity contribution in [3.8, 4) is 0 Å². The Morgan fingerprint density at radius 2 is 1.70 bits per heavy atom. The highest BCUT2D eigenvalue weighted by molar-refractivity contribution is 6.35. The number of pyridine rings is 1. The predicted octanol–water partition coefficient (Wildman–Crippen LogP) is -0.0177. The zero-order valence-corrected chi connectivity index (χ0v) is 17.7. The van der Waals surface area contributed by atoms with Crippen molar-refractivity contribution in [2.24, 2.45) is 5.73 Å². The molecule has 3 rings (SSSR count). The van der Waals surface area contributed by atoms with Gasteiger partial charge in [0.05, 0.1) is 12.5 Å². The SMILES string of the molecule is N=C(N)c1ccc(C(=O)NCCN2CCN(C(CC(=O)O)c3ccncc3)C(=O)C2=O)cc1. The van der Waals surface area contributed by atoms with Gasteiger partial charge in [-0.3, -0.25) is 29.6 Å². The minimum Gasteiger partial charge on any atom is -0.481 e. The Morgan fingerprint density at radius 1 is 1.06 bits per heavy atom. The Morgan fingerprint density at radius 3 is 2.30 bits per heavy atom. The van der Waals surface area contributed by atoms with E-state index in [-0.39, 0.29) is 44.3 Å². The zero-order valence-electron chi connectivity index (χ0n) is 17.7. The lowest BCUT2D eigenvalue weighted by molar-refractivity contribution is -0.159. The third-order valence-electron chi connectivity index (χ3n) is 5.30.